The van der Waals surface area contributed by atoms with Crippen molar-refractivity contribution < 1.29 is 71.6 Å². The quantitative estimate of drug-likeness (QED) is 0.0343. The van der Waals surface area contributed by atoms with Crippen LogP contribution in [0.25, 0.3) is 0 Å². The summed E-state index contributed by atoms with van der Waals surface area (Å²) >= 11 is 0. The second kappa shape index (κ2) is 35.1. The van der Waals surface area contributed by atoms with E-state index in [1.54, 1.807) is 16.7 Å². The van der Waals surface area contributed by atoms with Gasteiger partial charge in [-0.2, -0.15) is 0 Å². The number of amides is 6. The zero-order chi connectivity index (χ0) is 67.7. The van der Waals surface area contributed by atoms with Gasteiger partial charge in [-0.15, -0.1) is 5.06 Å². The Morgan fingerprint density at radius 1 is 0.510 bits per heavy atom. The summed E-state index contributed by atoms with van der Waals surface area (Å²) in [6, 6.07) is 54.6. The van der Waals surface area contributed by atoms with Crippen molar-refractivity contribution in [3.63, 3.8) is 0 Å². The number of hydrogen-bond donors (Lipinski definition) is 3. The largest absolute Gasteiger partial charge is 0.466 e. The zero-order valence-corrected chi connectivity index (χ0v) is 54.1. The maximum atomic E-state index is 14.6. The van der Waals surface area contributed by atoms with E-state index < -0.39 is 41.1 Å². The van der Waals surface area contributed by atoms with Crippen molar-refractivity contribution in [2.75, 3.05) is 85.6 Å². The minimum Gasteiger partial charge on any atom is -0.466 e. The molecule has 23 heteroatoms. The zero-order valence-electron chi connectivity index (χ0n) is 54.1. The molecule has 96 heavy (non-hydrogen) atoms. The van der Waals surface area contributed by atoms with Gasteiger partial charge in [0.05, 0.1) is 59.3 Å². The van der Waals surface area contributed by atoms with Crippen LogP contribution in [0.15, 0.2) is 180 Å². The summed E-state index contributed by atoms with van der Waals surface area (Å²) in [5.74, 6) is -1.60. The van der Waals surface area contributed by atoms with Gasteiger partial charge in [-0.1, -0.05) is 146 Å². The number of hydrogen-bond acceptors (Lipinski definition) is 18. The van der Waals surface area contributed by atoms with Gasteiger partial charge in [-0.25, -0.2) is 14.8 Å². The van der Waals surface area contributed by atoms with Gasteiger partial charge in [0.2, 0.25) is 23.6 Å². The molecule has 1 fully saturated rings. The lowest BCUT2D eigenvalue weighted by Gasteiger charge is -2.32. The number of hydroxylamine groups is 2. The van der Waals surface area contributed by atoms with Crippen molar-refractivity contribution >= 4 is 59.0 Å². The second-order valence-electron chi connectivity index (χ2n) is 23.4. The van der Waals surface area contributed by atoms with E-state index in [-0.39, 0.29) is 68.4 Å². The lowest BCUT2D eigenvalue weighted by Crippen LogP contribution is -2.52. The van der Waals surface area contributed by atoms with Gasteiger partial charge in [0, 0.05) is 101 Å². The number of imide groups is 1. The number of fused-ring (bicyclic) bond motifs is 6. The smallest absolute Gasteiger partial charge is 0.330 e. The van der Waals surface area contributed by atoms with Crippen LogP contribution in [0.4, 0.5) is 0 Å². The highest BCUT2D eigenvalue weighted by Gasteiger charge is 2.58. The average molecular weight is 1310 g/mol. The Morgan fingerprint density at radius 3 is 1.30 bits per heavy atom. The van der Waals surface area contributed by atoms with Gasteiger partial charge in [-0.05, 0) is 59.9 Å². The number of nitrogens with one attached hydrogen (secondary N) is 2. The number of carbonyl (C=O) groups excluding carboxylic acids is 8. The van der Waals surface area contributed by atoms with Crippen LogP contribution in [0.1, 0.15) is 96.2 Å². The Bertz CT molecular complexity index is 3680. The Kier molecular flexibility index (Phi) is 25.8. The molecule has 6 aromatic carbocycles. The van der Waals surface area contributed by atoms with Crippen LogP contribution in [0.3, 0.4) is 0 Å². The molecular weight excluding hydrogens is 1230 g/mol. The Balaban J connectivity index is 0.000000195. The number of ketones is 1. The molecule has 4 atom stereocenters. The fraction of sp³-hybridized carbons (Fsp3) is 0.370. The van der Waals surface area contributed by atoms with Crippen LogP contribution in [0, 0.1) is 0 Å². The molecule has 0 unspecified atom stereocenters. The highest BCUT2D eigenvalue weighted by Crippen LogP contribution is 2.48. The van der Waals surface area contributed by atoms with E-state index in [0.29, 0.717) is 115 Å². The lowest BCUT2D eigenvalue weighted by molar-refractivity contribution is -0.195. The van der Waals surface area contributed by atoms with Gasteiger partial charge in [-0.3, -0.25) is 28.8 Å². The van der Waals surface area contributed by atoms with Crippen LogP contribution in [0.5, 0.6) is 0 Å². The van der Waals surface area contributed by atoms with Crippen LogP contribution in [-0.4, -0.2) is 171 Å². The molecule has 6 amide bonds. The average Bonchev–Trinajstić information content (AvgIpc) is 1.58. The molecule has 11 rings (SSSR count). The number of ether oxygens (including phenoxy) is 6. The number of benzene rings is 6. The summed E-state index contributed by atoms with van der Waals surface area (Å²) in [6.07, 6.45) is 0.851. The van der Waals surface area contributed by atoms with Crippen LogP contribution in [-0.2, 0) is 97.5 Å². The first-order valence-electron chi connectivity index (χ1n) is 32.2. The van der Waals surface area contributed by atoms with Crippen molar-refractivity contribution in [1.82, 2.24) is 25.5 Å². The number of rotatable bonds is 29. The van der Waals surface area contributed by atoms with Crippen molar-refractivity contribution in [3.05, 3.63) is 214 Å². The molecule has 0 aromatic heterocycles. The normalized spacial score (nSPS) is 19.0. The van der Waals surface area contributed by atoms with Crippen LogP contribution in [0.2, 0.25) is 0 Å². The third-order valence-corrected chi connectivity index (χ3v) is 16.2. The summed E-state index contributed by atoms with van der Waals surface area (Å²) in [6.45, 7) is 7.47. The molecule has 1 saturated heterocycles. The highest BCUT2D eigenvalue weighted by atomic mass is 16.7. The Morgan fingerprint density at radius 2 is 0.896 bits per heavy atom. The first-order valence-corrected chi connectivity index (χ1v) is 32.2. The summed E-state index contributed by atoms with van der Waals surface area (Å²) < 4.78 is 34.9. The molecule has 4 N–H and O–H groups in total. The molecule has 6 aromatic rings. The molecule has 504 valence electrons. The summed E-state index contributed by atoms with van der Waals surface area (Å²) in [7, 11) is 0. The van der Waals surface area contributed by atoms with Gasteiger partial charge in [0.15, 0.2) is 23.3 Å². The molecule has 5 heterocycles. The molecule has 0 saturated carbocycles. The van der Waals surface area contributed by atoms with Crippen LogP contribution >= 0.6 is 0 Å². The second-order valence-corrected chi connectivity index (χ2v) is 23.4. The van der Waals surface area contributed by atoms with Gasteiger partial charge in [0.1, 0.15) is 5.78 Å². The molecule has 5 aliphatic heterocycles. The predicted molar refractivity (Wildman–Crippen MR) is 354 cm³/mol. The number of aliphatic imine (C=N–C) groups is 2. The summed E-state index contributed by atoms with van der Waals surface area (Å²) in [5.41, 5.74) is 10.0. The van der Waals surface area contributed by atoms with Gasteiger partial charge >= 0.3 is 5.97 Å². The summed E-state index contributed by atoms with van der Waals surface area (Å²) in [4.78, 5) is 116. The molecule has 0 spiro atoms. The minimum atomic E-state index is -1.28. The number of nitrogens with two attached hydrogens (primary N) is 1. The predicted octanol–water partition coefficient (Wildman–Crippen LogP) is 6.30. The SMILES string of the molecule is CC(=O)CCCOCCOCCNC(=O)CN1Cc2ccccc2[C@@H]2OC(c3ccccc3)=N[C@]2(Cc2ccccc2)C1=O.CC(=O)ON1C(=O)CCC1=O.NCCOCCOCCNC(=O)CN1Cc2ccccc2[C@@H]2OC(c3ccccc3)=N[C@]2(Cc2ccccc2)C1=O. The Hall–Kier alpha value is -9.78. The van der Waals surface area contributed by atoms with E-state index in [1.807, 2.05) is 170 Å². The third kappa shape index (κ3) is 18.8. The Labute approximate surface area is 558 Å². The fourth-order valence-electron chi connectivity index (χ4n) is 11.7. The standard InChI is InChI=1S/C35H39N3O6.C32H36N4O5.C6H7NO4/c1-26(39)11-10-19-42-21-22-43-20-18-36-31(40)25-38-24-29-16-8-9-17-30(29)32-35(34(38)41,23-27-12-4-2-5-13-27)37-33(44-32)28-14-6-3-7-15-28;33-15-17-39-19-20-40-18-16-34-28(37)23-36-22-26-13-7-8-14-27(26)29-32(31(36)38,21-24-9-3-1-4-10-24)35-30(41-29)25-11-5-2-6-12-25;1-4(8)11-7-5(9)2-3-6(7)10/h2-9,12-17,32H,10-11,18-25H2,1H3,(H,36,40);1-14,29H,15-23,33H2,(H,34,37);2-3H2,1H3/t32-,35-;29-,32-;/m00./s1. The maximum absolute atomic E-state index is 14.6. The monoisotopic (exact) mass is 1310 g/mol. The highest BCUT2D eigenvalue weighted by molar-refractivity contribution is 6.04. The van der Waals surface area contributed by atoms with Crippen molar-refractivity contribution in [2.45, 2.75) is 88.7 Å². The van der Waals surface area contributed by atoms with Crippen molar-refractivity contribution in [3.8, 4) is 0 Å². The van der Waals surface area contributed by atoms with E-state index in [0.717, 1.165) is 51.4 Å². The van der Waals surface area contributed by atoms with E-state index in [9.17, 15) is 38.4 Å². The summed E-state index contributed by atoms with van der Waals surface area (Å²) in [5, 5.41) is 6.26. The topological polar surface area (TPSA) is 286 Å². The maximum Gasteiger partial charge on any atom is 0.330 e. The first kappa shape index (κ1) is 70.5. The van der Waals surface area contributed by atoms with Crippen molar-refractivity contribution in [1.29, 1.82) is 0 Å². The minimum absolute atomic E-state index is 0.105. The molecule has 23 nitrogen and oxygen atoms in total. The number of nitrogens with zero attached hydrogens (tertiary/aromatic N) is 5. The number of Topliss-reactive ketones (excluding diaryl/α,β-unsaturated/α-hetero) is 1. The lowest BCUT2D eigenvalue weighted by atomic mass is 9.81. The van der Waals surface area contributed by atoms with Crippen molar-refractivity contribution in [2.24, 2.45) is 15.7 Å². The van der Waals surface area contributed by atoms with Gasteiger partial charge < -0.3 is 64.2 Å². The molecule has 5 aliphatic rings. The third-order valence-electron chi connectivity index (χ3n) is 16.2. The van der Waals surface area contributed by atoms with E-state index in [2.05, 4.69) is 15.5 Å². The van der Waals surface area contributed by atoms with E-state index in [1.165, 1.54) is 0 Å². The molecule has 0 bridgehead atoms. The van der Waals surface area contributed by atoms with Crippen LogP contribution < -0.4 is 16.4 Å². The fourth-order valence-corrected chi connectivity index (χ4v) is 11.7. The van der Waals surface area contributed by atoms with E-state index >= 15 is 0 Å². The first-order chi connectivity index (χ1) is 46.7. The van der Waals surface area contributed by atoms with Gasteiger partial charge in [0.25, 0.3) is 23.6 Å². The van der Waals surface area contributed by atoms with E-state index in [4.69, 9.17) is 44.1 Å². The molecular formula is C73H82N8O15. The number of carbonyl (C=O) groups is 8. The molecule has 0 radical (unpaired) electrons. The molecule has 0 aliphatic carbocycles.